The molecule has 0 saturated heterocycles. The van der Waals surface area contributed by atoms with Gasteiger partial charge >= 0.3 is 0 Å². The Balaban J connectivity index is 1.75. The van der Waals surface area contributed by atoms with Crippen LogP contribution in [-0.4, -0.2) is 22.9 Å². The predicted octanol–water partition coefficient (Wildman–Crippen LogP) is 1.16. The van der Waals surface area contributed by atoms with Crippen LogP contribution in [0.2, 0.25) is 0 Å². The van der Waals surface area contributed by atoms with Crippen LogP contribution in [0.4, 0.5) is 0 Å². The average molecular weight is 245 g/mol. The number of benzene rings is 1. The Morgan fingerprint density at radius 3 is 3.06 bits per heavy atom. The summed E-state index contributed by atoms with van der Waals surface area (Å²) in [5.74, 6) is 1.63. The molecule has 0 unspecified atom stereocenters. The molecule has 1 aromatic heterocycles. The van der Waals surface area contributed by atoms with Crippen LogP contribution in [0.5, 0.6) is 11.5 Å². The molecule has 0 aliphatic carbocycles. The molecule has 0 atom stereocenters. The molecule has 94 valence electrons. The van der Waals surface area contributed by atoms with E-state index in [4.69, 9.17) is 15.2 Å². The molecule has 18 heavy (non-hydrogen) atoms. The van der Waals surface area contributed by atoms with Crippen molar-refractivity contribution in [3.63, 3.8) is 0 Å². The van der Waals surface area contributed by atoms with Crippen molar-refractivity contribution in [3.8, 4) is 11.5 Å². The molecule has 0 amide bonds. The van der Waals surface area contributed by atoms with Gasteiger partial charge in [0.15, 0.2) is 11.5 Å². The summed E-state index contributed by atoms with van der Waals surface area (Å²) in [6.07, 6.45) is 4.67. The van der Waals surface area contributed by atoms with E-state index >= 15 is 0 Å². The quantitative estimate of drug-likeness (QED) is 0.878. The first kappa shape index (κ1) is 11.1. The Hall–Kier alpha value is -2.01. The highest BCUT2D eigenvalue weighted by Crippen LogP contribution is 2.32. The lowest BCUT2D eigenvalue weighted by molar-refractivity contribution is 0.174. The minimum Gasteiger partial charge on any atom is -0.454 e. The molecule has 2 aromatic rings. The third kappa shape index (κ3) is 2.17. The molecule has 1 aliphatic heterocycles. The van der Waals surface area contributed by atoms with Gasteiger partial charge in [0, 0.05) is 19.2 Å². The third-order valence-electron chi connectivity index (χ3n) is 2.89. The lowest BCUT2D eigenvalue weighted by Crippen LogP contribution is -2.02. The summed E-state index contributed by atoms with van der Waals surface area (Å²) in [6.45, 7) is 1.71. The first-order valence-corrected chi connectivity index (χ1v) is 5.94. The number of nitrogens with zero attached hydrogens (tertiary/aromatic N) is 2. The fraction of sp³-hybridized carbons (Fsp3) is 0.308. The van der Waals surface area contributed by atoms with Gasteiger partial charge < -0.3 is 19.8 Å². The average Bonchev–Trinajstić information content (AvgIpc) is 2.98. The molecule has 0 bridgehead atoms. The van der Waals surface area contributed by atoms with Crippen LogP contribution in [0.1, 0.15) is 11.3 Å². The van der Waals surface area contributed by atoms with E-state index in [1.165, 1.54) is 0 Å². The third-order valence-corrected chi connectivity index (χ3v) is 2.89. The number of fused-ring (bicyclic) bond motifs is 1. The lowest BCUT2D eigenvalue weighted by atomic mass is 10.2. The van der Waals surface area contributed by atoms with Gasteiger partial charge in [-0.2, -0.15) is 0 Å². The molecule has 1 aromatic carbocycles. The molecule has 1 aliphatic rings. The van der Waals surface area contributed by atoms with Crippen molar-refractivity contribution >= 4 is 0 Å². The van der Waals surface area contributed by atoms with Crippen molar-refractivity contribution in [2.45, 2.75) is 13.0 Å². The van der Waals surface area contributed by atoms with Crippen LogP contribution >= 0.6 is 0 Å². The highest BCUT2D eigenvalue weighted by atomic mass is 16.7. The van der Waals surface area contributed by atoms with Crippen molar-refractivity contribution in [1.82, 2.24) is 9.55 Å². The van der Waals surface area contributed by atoms with Gasteiger partial charge in [0.1, 0.15) is 0 Å². The highest BCUT2D eigenvalue weighted by Gasteiger charge is 2.13. The molecule has 0 fully saturated rings. The highest BCUT2D eigenvalue weighted by molar-refractivity contribution is 5.44. The van der Waals surface area contributed by atoms with E-state index < -0.39 is 0 Å². The Bertz CT molecular complexity index is 551. The Morgan fingerprint density at radius 2 is 2.17 bits per heavy atom. The second kappa shape index (κ2) is 4.70. The molecule has 5 heteroatoms. The molecule has 2 heterocycles. The molecule has 5 nitrogen and oxygen atoms in total. The van der Waals surface area contributed by atoms with Gasteiger partial charge in [-0.1, -0.05) is 6.07 Å². The van der Waals surface area contributed by atoms with E-state index in [0.29, 0.717) is 13.3 Å². The van der Waals surface area contributed by atoms with Crippen molar-refractivity contribution in [1.29, 1.82) is 0 Å². The largest absolute Gasteiger partial charge is 0.454 e. The minimum absolute atomic E-state index is 0.310. The van der Waals surface area contributed by atoms with Crippen molar-refractivity contribution < 1.29 is 9.47 Å². The van der Waals surface area contributed by atoms with Crippen LogP contribution in [0.25, 0.3) is 0 Å². The van der Waals surface area contributed by atoms with Gasteiger partial charge in [-0.25, -0.2) is 4.98 Å². The summed E-state index contributed by atoms with van der Waals surface area (Å²) >= 11 is 0. The molecular formula is C13H15N3O2. The maximum Gasteiger partial charge on any atom is 0.231 e. The fourth-order valence-corrected chi connectivity index (χ4v) is 2.02. The normalized spacial score (nSPS) is 12.9. The van der Waals surface area contributed by atoms with E-state index in [1.54, 1.807) is 0 Å². The second-order valence-corrected chi connectivity index (χ2v) is 4.26. The standard InChI is InChI=1S/C13H15N3O2/c14-4-3-11-7-16(8-15-11)6-10-1-2-12-13(5-10)18-9-17-12/h1-2,5,7-8H,3-4,6,9,14H2. The molecule has 0 radical (unpaired) electrons. The van der Waals surface area contributed by atoms with Crippen molar-refractivity contribution in [2.24, 2.45) is 5.73 Å². The van der Waals surface area contributed by atoms with Crippen molar-refractivity contribution in [3.05, 3.63) is 42.0 Å². The molecule has 3 rings (SSSR count). The van der Waals surface area contributed by atoms with Crippen LogP contribution in [0.15, 0.2) is 30.7 Å². The number of imidazole rings is 1. The topological polar surface area (TPSA) is 62.3 Å². The smallest absolute Gasteiger partial charge is 0.231 e. The SMILES string of the molecule is NCCc1cn(Cc2ccc3c(c2)OCO3)cn1. The summed E-state index contributed by atoms with van der Waals surface area (Å²) in [7, 11) is 0. The van der Waals surface area contributed by atoms with E-state index in [2.05, 4.69) is 4.98 Å². The predicted molar refractivity (Wildman–Crippen MR) is 66.7 cm³/mol. The van der Waals surface area contributed by atoms with Gasteiger partial charge in [0.2, 0.25) is 6.79 Å². The Labute approximate surface area is 105 Å². The van der Waals surface area contributed by atoms with Gasteiger partial charge in [-0.05, 0) is 24.2 Å². The zero-order valence-electron chi connectivity index (χ0n) is 10.0. The summed E-state index contributed by atoms with van der Waals surface area (Å²) in [6, 6.07) is 5.98. The number of ether oxygens (including phenoxy) is 2. The van der Waals surface area contributed by atoms with Gasteiger partial charge in [0.25, 0.3) is 0 Å². The fourth-order valence-electron chi connectivity index (χ4n) is 2.02. The Kier molecular flexibility index (Phi) is 2.90. The number of hydrogen-bond donors (Lipinski definition) is 1. The summed E-state index contributed by atoms with van der Waals surface area (Å²) in [5.41, 5.74) is 7.69. The van der Waals surface area contributed by atoms with Gasteiger partial charge in [-0.3, -0.25) is 0 Å². The molecule has 2 N–H and O–H groups in total. The van der Waals surface area contributed by atoms with Crippen LogP contribution in [0.3, 0.4) is 0 Å². The maximum absolute atomic E-state index is 5.50. The summed E-state index contributed by atoms with van der Waals surface area (Å²) in [4.78, 5) is 4.30. The van der Waals surface area contributed by atoms with E-state index in [1.807, 2.05) is 35.3 Å². The van der Waals surface area contributed by atoms with Gasteiger partial charge in [0.05, 0.1) is 12.0 Å². The number of nitrogens with two attached hydrogens (primary N) is 1. The zero-order valence-corrected chi connectivity index (χ0v) is 10.0. The van der Waals surface area contributed by atoms with Crippen LogP contribution in [0, 0.1) is 0 Å². The maximum atomic E-state index is 5.50. The minimum atomic E-state index is 0.310. The molecule has 0 spiro atoms. The van der Waals surface area contributed by atoms with E-state index in [9.17, 15) is 0 Å². The van der Waals surface area contributed by atoms with Crippen molar-refractivity contribution in [2.75, 3.05) is 13.3 Å². The monoisotopic (exact) mass is 245 g/mol. The molecular weight excluding hydrogens is 230 g/mol. The zero-order chi connectivity index (χ0) is 12.4. The van der Waals surface area contributed by atoms with Crippen LogP contribution in [-0.2, 0) is 13.0 Å². The van der Waals surface area contributed by atoms with E-state index in [-0.39, 0.29) is 0 Å². The summed E-state index contributed by atoms with van der Waals surface area (Å²) in [5, 5.41) is 0. The van der Waals surface area contributed by atoms with Crippen LogP contribution < -0.4 is 15.2 Å². The first-order valence-electron chi connectivity index (χ1n) is 5.94. The number of rotatable bonds is 4. The molecule has 0 saturated carbocycles. The Morgan fingerprint density at radius 1 is 1.28 bits per heavy atom. The van der Waals surface area contributed by atoms with Gasteiger partial charge in [-0.15, -0.1) is 0 Å². The first-order chi connectivity index (χ1) is 8.85. The summed E-state index contributed by atoms with van der Waals surface area (Å²) < 4.78 is 12.7. The lowest BCUT2D eigenvalue weighted by Gasteiger charge is -2.03. The van der Waals surface area contributed by atoms with E-state index in [0.717, 1.165) is 35.7 Å². The second-order valence-electron chi connectivity index (χ2n) is 4.26. The number of aromatic nitrogens is 2. The number of hydrogen-bond acceptors (Lipinski definition) is 4.